The van der Waals surface area contributed by atoms with Gasteiger partial charge in [0.1, 0.15) is 0 Å². The van der Waals surface area contributed by atoms with E-state index in [0.29, 0.717) is 0 Å². The quantitative estimate of drug-likeness (QED) is 0.689. The van der Waals surface area contributed by atoms with Crippen molar-refractivity contribution in [1.29, 1.82) is 0 Å². The summed E-state index contributed by atoms with van der Waals surface area (Å²) in [6.45, 7) is 6.97. The number of aryl methyl sites for hydroxylation is 2. The average molecular weight is 368 g/mol. The zero-order valence-electron chi connectivity index (χ0n) is 15.4. The minimum absolute atomic E-state index is 0.881. The van der Waals surface area contributed by atoms with Gasteiger partial charge in [0, 0.05) is 54.0 Å². The molecule has 0 fully saturated rings. The van der Waals surface area contributed by atoms with Gasteiger partial charge in [-0.1, -0.05) is 0 Å². The molecule has 0 aromatic carbocycles. The maximum absolute atomic E-state index is 4.87. The summed E-state index contributed by atoms with van der Waals surface area (Å²) in [7, 11) is 2.17. The first-order valence-corrected chi connectivity index (χ1v) is 9.93. The van der Waals surface area contributed by atoms with Gasteiger partial charge in [-0.2, -0.15) is 5.10 Å². The molecule has 1 aliphatic heterocycles. The van der Waals surface area contributed by atoms with Crippen molar-refractivity contribution in [3.63, 3.8) is 0 Å². The highest BCUT2D eigenvalue weighted by Crippen LogP contribution is 2.21. The van der Waals surface area contributed by atoms with Crippen molar-refractivity contribution in [2.45, 2.75) is 39.5 Å². The minimum Gasteiger partial charge on any atom is -0.365 e. The highest BCUT2D eigenvalue weighted by molar-refractivity contribution is 7.11. The first kappa shape index (κ1) is 17.2. The third-order valence-corrected chi connectivity index (χ3v) is 5.73. The Bertz CT molecular complexity index is 854. The van der Waals surface area contributed by atoms with Crippen LogP contribution in [0.3, 0.4) is 0 Å². The number of pyridine rings is 1. The van der Waals surface area contributed by atoms with Crippen LogP contribution < -0.4 is 4.90 Å². The molecule has 3 aromatic heterocycles. The largest absolute Gasteiger partial charge is 0.365 e. The Kier molecular flexibility index (Phi) is 5.04. The maximum atomic E-state index is 4.87. The Morgan fingerprint density at radius 2 is 1.96 bits per heavy atom. The first-order chi connectivity index (χ1) is 12.7. The Morgan fingerprint density at radius 1 is 1.12 bits per heavy atom. The summed E-state index contributed by atoms with van der Waals surface area (Å²) in [5.41, 5.74) is 3.70. The Hall–Kier alpha value is -2.18. The van der Waals surface area contributed by atoms with Crippen LogP contribution in [0.15, 0.2) is 42.7 Å². The number of anilines is 1. The second-order valence-electron chi connectivity index (χ2n) is 7.02. The summed E-state index contributed by atoms with van der Waals surface area (Å²) in [4.78, 5) is 11.7. The monoisotopic (exact) mass is 367 g/mol. The van der Waals surface area contributed by atoms with Crippen LogP contribution in [-0.2, 0) is 26.2 Å². The molecule has 3 aromatic rings. The van der Waals surface area contributed by atoms with Crippen LogP contribution in [-0.4, -0.2) is 33.3 Å². The van der Waals surface area contributed by atoms with Gasteiger partial charge in [-0.15, -0.1) is 11.3 Å². The van der Waals surface area contributed by atoms with E-state index >= 15 is 0 Å². The zero-order valence-corrected chi connectivity index (χ0v) is 16.2. The molecule has 0 unspecified atom stereocenters. The molecule has 1 aliphatic rings. The van der Waals surface area contributed by atoms with Crippen molar-refractivity contribution in [2.24, 2.45) is 0 Å². The molecule has 0 amide bonds. The standard InChI is InChI=1S/C20H25N5S/c1-16-4-5-20(26-16)15-23(2)13-17-12-19-14-24(10-3-11-25(19)22-17)18-6-8-21-9-7-18/h4-9,12H,3,10-11,13-15H2,1-2H3. The number of rotatable bonds is 5. The van der Waals surface area contributed by atoms with Gasteiger partial charge in [0.05, 0.1) is 17.9 Å². The third-order valence-electron chi connectivity index (χ3n) is 4.75. The fourth-order valence-corrected chi connectivity index (χ4v) is 4.51. The molecule has 136 valence electrons. The summed E-state index contributed by atoms with van der Waals surface area (Å²) >= 11 is 1.88. The van der Waals surface area contributed by atoms with Crippen LogP contribution in [0.25, 0.3) is 0 Å². The average Bonchev–Trinajstić information content (AvgIpc) is 3.15. The molecule has 4 rings (SSSR count). The summed E-state index contributed by atoms with van der Waals surface area (Å²) in [5.74, 6) is 0. The summed E-state index contributed by atoms with van der Waals surface area (Å²) in [5, 5.41) is 4.87. The lowest BCUT2D eigenvalue weighted by Gasteiger charge is -2.21. The van der Waals surface area contributed by atoms with E-state index in [2.05, 4.69) is 63.8 Å². The van der Waals surface area contributed by atoms with Crippen molar-refractivity contribution in [2.75, 3.05) is 18.5 Å². The van der Waals surface area contributed by atoms with Crippen LogP contribution in [0.2, 0.25) is 0 Å². The first-order valence-electron chi connectivity index (χ1n) is 9.12. The number of fused-ring (bicyclic) bond motifs is 1. The SMILES string of the molecule is Cc1ccc(CN(C)Cc2cc3n(n2)CCCN(c2ccncc2)C3)s1. The zero-order chi connectivity index (χ0) is 17.9. The van der Waals surface area contributed by atoms with Crippen molar-refractivity contribution < 1.29 is 0 Å². The van der Waals surface area contributed by atoms with E-state index < -0.39 is 0 Å². The molecule has 6 heteroatoms. The number of hydrogen-bond donors (Lipinski definition) is 0. The molecule has 0 bridgehead atoms. The number of thiophene rings is 1. The highest BCUT2D eigenvalue weighted by Gasteiger charge is 2.17. The van der Waals surface area contributed by atoms with Crippen molar-refractivity contribution >= 4 is 17.0 Å². The second kappa shape index (κ2) is 7.60. The maximum Gasteiger partial charge on any atom is 0.0768 e. The number of aromatic nitrogens is 3. The van der Waals surface area contributed by atoms with Crippen LogP contribution in [0.4, 0.5) is 5.69 Å². The molecule has 5 nitrogen and oxygen atoms in total. The normalized spacial score (nSPS) is 14.5. The van der Waals surface area contributed by atoms with Gasteiger partial charge in [0.15, 0.2) is 0 Å². The molecule has 0 saturated heterocycles. The van der Waals surface area contributed by atoms with Crippen molar-refractivity contribution in [1.82, 2.24) is 19.7 Å². The topological polar surface area (TPSA) is 37.2 Å². The molecule has 0 spiro atoms. The molecule has 4 heterocycles. The molecular formula is C20H25N5S. The molecule has 26 heavy (non-hydrogen) atoms. The molecule has 0 aliphatic carbocycles. The lowest BCUT2D eigenvalue weighted by molar-refractivity contribution is 0.316. The molecule has 0 saturated carbocycles. The van der Waals surface area contributed by atoms with Gasteiger partial charge >= 0.3 is 0 Å². The van der Waals surface area contributed by atoms with Gasteiger partial charge in [-0.25, -0.2) is 0 Å². The molecule has 0 radical (unpaired) electrons. The summed E-state index contributed by atoms with van der Waals surface area (Å²) < 4.78 is 2.19. The van der Waals surface area contributed by atoms with Gasteiger partial charge in [0.25, 0.3) is 0 Å². The predicted octanol–water partition coefficient (Wildman–Crippen LogP) is 3.69. The van der Waals surface area contributed by atoms with E-state index in [0.717, 1.165) is 44.8 Å². The fraction of sp³-hybridized carbons (Fsp3) is 0.400. The molecular weight excluding hydrogens is 342 g/mol. The molecule has 0 N–H and O–H groups in total. The molecule has 0 atom stereocenters. The third kappa shape index (κ3) is 3.97. The number of hydrogen-bond acceptors (Lipinski definition) is 5. The van der Waals surface area contributed by atoms with E-state index in [1.54, 1.807) is 0 Å². The van der Waals surface area contributed by atoms with Crippen LogP contribution in [0, 0.1) is 6.92 Å². The lowest BCUT2D eigenvalue weighted by atomic mass is 10.3. The summed E-state index contributed by atoms with van der Waals surface area (Å²) in [6, 6.07) is 10.9. The van der Waals surface area contributed by atoms with E-state index in [4.69, 9.17) is 5.10 Å². The van der Waals surface area contributed by atoms with Gasteiger partial charge < -0.3 is 4.90 Å². The summed E-state index contributed by atoms with van der Waals surface area (Å²) in [6.07, 6.45) is 4.84. The van der Waals surface area contributed by atoms with Gasteiger partial charge in [-0.3, -0.25) is 14.6 Å². The second-order valence-corrected chi connectivity index (χ2v) is 8.39. The van der Waals surface area contributed by atoms with Crippen molar-refractivity contribution in [3.05, 3.63) is 63.9 Å². The Morgan fingerprint density at radius 3 is 2.73 bits per heavy atom. The van der Waals surface area contributed by atoms with E-state index in [9.17, 15) is 0 Å². The Labute approximate surface area is 158 Å². The minimum atomic E-state index is 0.881. The van der Waals surface area contributed by atoms with Crippen molar-refractivity contribution in [3.8, 4) is 0 Å². The number of nitrogens with zero attached hydrogens (tertiary/aromatic N) is 5. The predicted molar refractivity (Wildman–Crippen MR) is 106 cm³/mol. The fourth-order valence-electron chi connectivity index (χ4n) is 3.54. The smallest absolute Gasteiger partial charge is 0.0768 e. The van der Waals surface area contributed by atoms with Gasteiger partial charge in [-0.05, 0) is 50.7 Å². The van der Waals surface area contributed by atoms with E-state index in [1.807, 2.05) is 23.7 Å². The van der Waals surface area contributed by atoms with Crippen LogP contribution >= 0.6 is 11.3 Å². The van der Waals surface area contributed by atoms with Crippen LogP contribution in [0.1, 0.15) is 27.6 Å². The van der Waals surface area contributed by atoms with E-state index in [-0.39, 0.29) is 0 Å². The Balaban J connectivity index is 1.44. The highest BCUT2D eigenvalue weighted by atomic mass is 32.1. The van der Waals surface area contributed by atoms with Gasteiger partial charge in [0.2, 0.25) is 0 Å². The lowest BCUT2D eigenvalue weighted by Crippen LogP contribution is -2.22. The van der Waals surface area contributed by atoms with Crippen LogP contribution in [0.5, 0.6) is 0 Å². The van der Waals surface area contributed by atoms with E-state index in [1.165, 1.54) is 21.1 Å².